The zero-order chi connectivity index (χ0) is 14.7. The molecule has 0 radical (unpaired) electrons. The van der Waals surface area contributed by atoms with E-state index in [0.29, 0.717) is 6.04 Å². The Labute approximate surface area is 126 Å². The van der Waals surface area contributed by atoms with E-state index in [9.17, 15) is 5.11 Å². The van der Waals surface area contributed by atoms with E-state index in [2.05, 4.69) is 29.4 Å². The standard InChI is InChI=1S/C18H24N2O/c1-2-11-19-16-7-9-18(21,10-8-16)15-12-14-5-3-4-6-17(14)20-13-15/h3-6,12-13,16,19,21H,2,7-11H2,1H3. The molecule has 0 unspecified atom stereocenters. The van der Waals surface area contributed by atoms with Gasteiger partial charge in [0.2, 0.25) is 0 Å². The second kappa shape index (κ2) is 6.12. The predicted octanol–water partition coefficient (Wildman–Crippen LogP) is 3.36. The lowest BCUT2D eigenvalue weighted by atomic mass is 9.78. The normalized spacial score (nSPS) is 26.1. The van der Waals surface area contributed by atoms with E-state index < -0.39 is 5.60 Å². The van der Waals surface area contributed by atoms with Crippen LogP contribution in [0.2, 0.25) is 0 Å². The lowest BCUT2D eigenvalue weighted by Gasteiger charge is -2.36. The van der Waals surface area contributed by atoms with Crippen molar-refractivity contribution in [1.29, 1.82) is 0 Å². The van der Waals surface area contributed by atoms with Crippen molar-refractivity contribution in [2.45, 2.75) is 50.7 Å². The van der Waals surface area contributed by atoms with Crippen LogP contribution in [0.3, 0.4) is 0 Å². The number of benzene rings is 1. The minimum absolute atomic E-state index is 0.554. The quantitative estimate of drug-likeness (QED) is 0.905. The minimum atomic E-state index is -0.707. The number of pyridine rings is 1. The highest BCUT2D eigenvalue weighted by molar-refractivity contribution is 5.78. The molecule has 0 amide bonds. The molecule has 0 bridgehead atoms. The van der Waals surface area contributed by atoms with Crippen molar-refractivity contribution in [1.82, 2.24) is 10.3 Å². The van der Waals surface area contributed by atoms with Crippen molar-refractivity contribution in [2.75, 3.05) is 6.54 Å². The molecule has 3 heteroatoms. The molecule has 1 aromatic heterocycles. The van der Waals surface area contributed by atoms with Gasteiger partial charge in [0.25, 0.3) is 0 Å². The molecule has 2 aromatic rings. The molecule has 0 saturated heterocycles. The third-order valence-electron chi connectivity index (χ3n) is 4.62. The van der Waals surface area contributed by atoms with Crippen LogP contribution in [-0.2, 0) is 5.60 Å². The third-order valence-corrected chi connectivity index (χ3v) is 4.62. The summed E-state index contributed by atoms with van der Waals surface area (Å²) >= 11 is 0. The Kier molecular flexibility index (Phi) is 4.22. The number of hydrogen-bond acceptors (Lipinski definition) is 3. The summed E-state index contributed by atoms with van der Waals surface area (Å²) in [6, 6.07) is 10.7. The Hall–Kier alpha value is -1.45. The van der Waals surface area contributed by atoms with Gasteiger partial charge in [-0.25, -0.2) is 0 Å². The molecule has 1 fully saturated rings. The summed E-state index contributed by atoms with van der Waals surface area (Å²) < 4.78 is 0. The Bertz CT molecular complexity index is 603. The van der Waals surface area contributed by atoms with Gasteiger partial charge in [-0.3, -0.25) is 4.98 Å². The Morgan fingerprint density at radius 2 is 2.05 bits per heavy atom. The van der Waals surface area contributed by atoms with Gasteiger partial charge in [0.15, 0.2) is 0 Å². The maximum Gasteiger partial charge on any atom is 0.0912 e. The maximum absolute atomic E-state index is 11.0. The molecule has 2 N–H and O–H groups in total. The first-order valence-electron chi connectivity index (χ1n) is 8.02. The lowest BCUT2D eigenvalue weighted by molar-refractivity contribution is -0.00841. The first-order chi connectivity index (χ1) is 10.2. The summed E-state index contributed by atoms with van der Waals surface area (Å²) in [6.07, 6.45) is 6.70. The number of aliphatic hydroxyl groups is 1. The summed E-state index contributed by atoms with van der Waals surface area (Å²) in [5.74, 6) is 0. The first-order valence-corrected chi connectivity index (χ1v) is 8.02. The molecule has 1 aliphatic carbocycles. The van der Waals surface area contributed by atoms with Crippen LogP contribution in [0.25, 0.3) is 10.9 Å². The van der Waals surface area contributed by atoms with Gasteiger partial charge in [-0.1, -0.05) is 25.1 Å². The summed E-state index contributed by atoms with van der Waals surface area (Å²) in [4.78, 5) is 4.49. The summed E-state index contributed by atoms with van der Waals surface area (Å²) in [5.41, 5.74) is 1.25. The molecule has 21 heavy (non-hydrogen) atoms. The largest absolute Gasteiger partial charge is 0.385 e. The topological polar surface area (TPSA) is 45.1 Å². The third kappa shape index (κ3) is 3.09. The number of fused-ring (bicyclic) bond motifs is 1. The molecule has 1 heterocycles. The SMILES string of the molecule is CCCNC1CCC(O)(c2cnc3ccccc3c2)CC1. The van der Waals surface area contributed by atoms with Crippen LogP contribution in [0.1, 0.15) is 44.6 Å². The highest BCUT2D eigenvalue weighted by atomic mass is 16.3. The molecule has 0 atom stereocenters. The van der Waals surface area contributed by atoms with Crippen LogP contribution >= 0.6 is 0 Å². The van der Waals surface area contributed by atoms with Crippen LogP contribution in [0.15, 0.2) is 36.5 Å². The fourth-order valence-electron chi connectivity index (χ4n) is 3.26. The Morgan fingerprint density at radius 3 is 2.81 bits per heavy atom. The molecule has 1 aromatic carbocycles. The van der Waals surface area contributed by atoms with Crippen LogP contribution in [0.4, 0.5) is 0 Å². The molecule has 112 valence electrons. The van der Waals surface area contributed by atoms with Gasteiger partial charge in [-0.15, -0.1) is 0 Å². The zero-order valence-electron chi connectivity index (χ0n) is 12.7. The van der Waals surface area contributed by atoms with Crippen LogP contribution < -0.4 is 5.32 Å². The number of nitrogens with zero attached hydrogens (tertiary/aromatic N) is 1. The summed E-state index contributed by atoms with van der Waals surface area (Å²) in [7, 11) is 0. The minimum Gasteiger partial charge on any atom is -0.385 e. The molecule has 1 aliphatic rings. The fourth-order valence-corrected chi connectivity index (χ4v) is 3.26. The van der Waals surface area contributed by atoms with Crippen molar-refractivity contribution < 1.29 is 5.11 Å². The van der Waals surface area contributed by atoms with Crippen LogP contribution in [-0.4, -0.2) is 22.7 Å². The molecular weight excluding hydrogens is 260 g/mol. The summed E-state index contributed by atoms with van der Waals surface area (Å²) in [6.45, 7) is 3.26. The van der Waals surface area contributed by atoms with E-state index in [1.54, 1.807) is 0 Å². The van der Waals surface area contributed by atoms with Gasteiger partial charge < -0.3 is 10.4 Å². The maximum atomic E-state index is 11.0. The highest BCUT2D eigenvalue weighted by Gasteiger charge is 2.34. The Balaban J connectivity index is 1.75. The fraction of sp³-hybridized carbons (Fsp3) is 0.500. The first kappa shape index (κ1) is 14.5. The van der Waals surface area contributed by atoms with Crippen molar-refractivity contribution in [3.63, 3.8) is 0 Å². The van der Waals surface area contributed by atoms with E-state index in [4.69, 9.17) is 0 Å². The predicted molar refractivity (Wildman–Crippen MR) is 86.2 cm³/mol. The average Bonchev–Trinajstić information content (AvgIpc) is 2.54. The average molecular weight is 284 g/mol. The number of hydrogen-bond donors (Lipinski definition) is 2. The Morgan fingerprint density at radius 1 is 1.29 bits per heavy atom. The van der Waals surface area contributed by atoms with Crippen molar-refractivity contribution in [2.24, 2.45) is 0 Å². The van der Waals surface area contributed by atoms with E-state index in [1.807, 2.05) is 24.4 Å². The van der Waals surface area contributed by atoms with Gasteiger partial charge in [0.1, 0.15) is 0 Å². The smallest absolute Gasteiger partial charge is 0.0912 e. The van der Waals surface area contributed by atoms with Gasteiger partial charge in [0.05, 0.1) is 11.1 Å². The van der Waals surface area contributed by atoms with Gasteiger partial charge in [-0.2, -0.15) is 0 Å². The van der Waals surface area contributed by atoms with E-state index in [-0.39, 0.29) is 0 Å². The number of nitrogens with one attached hydrogen (secondary N) is 1. The van der Waals surface area contributed by atoms with Gasteiger partial charge >= 0.3 is 0 Å². The van der Waals surface area contributed by atoms with Crippen molar-refractivity contribution >= 4 is 10.9 Å². The molecule has 0 aliphatic heterocycles. The number of rotatable bonds is 4. The van der Waals surface area contributed by atoms with E-state index in [1.165, 1.54) is 0 Å². The molecule has 3 rings (SSSR count). The van der Waals surface area contributed by atoms with Crippen LogP contribution in [0, 0.1) is 0 Å². The number of para-hydroxylation sites is 1. The summed E-state index contributed by atoms with van der Waals surface area (Å²) in [5, 5.41) is 15.6. The number of aromatic nitrogens is 1. The van der Waals surface area contributed by atoms with Crippen molar-refractivity contribution in [3.05, 3.63) is 42.1 Å². The van der Waals surface area contributed by atoms with E-state index in [0.717, 1.165) is 55.1 Å². The molecular formula is C18H24N2O. The molecule has 0 spiro atoms. The van der Waals surface area contributed by atoms with Crippen LogP contribution in [0.5, 0.6) is 0 Å². The zero-order valence-corrected chi connectivity index (χ0v) is 12.7. The van der Waals surface area contributed by atoms with Gasteiger partial charge in [-0.05, 0) is 50.8 Å². The van der Waals surface area contributed by atoms with E-state index >= 15 is 0 Å². The van der Waals surface area contributed by atoms with Crippen molar-refractivity contribution in [3.8, 4) is 0 Å². The highest BCUT2D eigenvalue weighted by Crippen LogP contribution is 2.37. The monoisotopic (exact) mass is 284 g/mol. The second-order valence-electron chi connectivity index (χ2n) is 6.18. The van der Waals surface area contributed by atoms with Gasteiger partial charge in [0, 0.05) is 23.2 Å². The molecule has 3 nitrogen and oxygen atoms in total. The second-order valence-corrected chi connectivity index (χ2v) is 6.18. The lowest BCUT2D eigenvalue weighted by Crippen LogP contribution is -2.40. The molecule has 1 saturated carbocycles.